The molecule has 1 aromatic rings. The zero-order valence-corrected chi connectivity index (χ0v) is 17.2. The normalized spacial score (nSPS) is 30.8. The number of benzene rings is 1. The molecule has 1 aromatic carbocycles. The molecule has 4 nitrogen and oxygen atoms in total. The number of ketones is 1. The molecule has 1 saturated heterocycles. The van der Waals surface area contributed by atoms with Crippen LogP contribution in [0, 0.1) is 17.8 Å². The maximum Gasteiger partial charge on any atom is 0.223 e. The zero-order valence-electron chi connectivity index (χ0n) is 17.2. The molecule has 3 fully saturated rings. The highest BCUT2D eigenvalue weighted by Gasteiger charge is 2.41. The lowest BCUT2D eigenvalue weighted by molar-refractivity contribution is -0.137. The van der Waals surface area contributed by atoms with E-state index in [4.69, 9.17) is 0 Å². The Kier molecular flexibility index (Phi) is 6.15. The van der Waals surface area contributed by atoms with Crippen molar-refractivity contribution in [1.82, 2.24) is 10.2 Å². The predicted octanol–water partition coefficient (Wildman–Crippen LogP) is 4.07. The van der Waals surface area contributed by atoms with Crippen molar-refractivity contribution in [2.45, 2.75) is 77.4 Å². The van der Waals surface area contributed by atoms with E-state index in [1.165, 1.54) is 36.9 Å². The first-order valence-corrected chi connectivity index (χ1v) is 11.2. The first-order valence-electron chi connectivity index (χ1n) is 11.2. The van der Waals surface area contributed by atoms with Crippen molar-refractivity contribution >= 4 is 11.7 Å². The number of hydrogen-bond acceptors (Lipinski definition) is 3. The monoisotopic (exact) mass is 382 g/mol. The van der Waals surface area contributed by atoms with Gasteiger partial charge in [0.2, 0.25) is 5.91 Å². The fraction of sp³-hybridized carbons (Fsp3) is 0.667. The van der Waals surface area contributed by atoms with Crippen molar-refractivity contribution < 1.29 is 9.59 Å². The first kappa shape index (κ1) is 19.6. The number of carbonyl (C=O) groups excluding carboxylic acids is 2. The van der Waals surface area contributed by atoms with Gasteiger partial charge in [0, 0.05) is 36.9 Å². The van der Waals surface area contributed by atoms with Gasteiger partial charge >= 0.3 is 0 Å². The van der Waals surface area contributed by atoms with Gasteiger partial charge in [-0.1, -0.05) is 37.1 Å². The fourth-order valence-corrected chi connectivity index (χ4v) is 5.52. The number of carbonyl (C=O) groups is 2. The van der Waals surface area contributed by atoms with Gasteiger partial charge in [0.05, 0.1) is 0 Å². The van der Waals surface area contributed by atoms with Crippen LogP contribution in [0.4, 0.5) is 0 Å². The maximum atomic E-state index is 12.8. The van der Waals surface area contributed by atoms with Crippen LogP contribution in [0.3, 0.4) is 0 Å². The Hall–Kier alpha value is -1.68. The summed E-state index contributed by atoms with van der Waals surface area (Å²) in [7, 11) is 0. The quantitative estimate of drug-likeness (QED) is 0.835. The van der Waals surface area contributed by atoms with E-state index in [0.717, 1.165) is 38.6 Å². The summed E-state index contributed by atoms with van der Waals surface area (Å²) in [6.45, 7) is 5.05. The van der Waals surface area contributed by atoms with E-state index in [1.54, 1.807) is 0 Å². The molecule has 0 unspecified atom stereocenters. The van der Waals surface area contributed by atoms with E-state index in [2.05, 4.69) is 41.4 Å². The molecule has 2 aliphatic carbocycles. The number of hydrogen-bond donors (Lipinski definition) is 1. The van der Waals surface area contributed by atoms with E-state index in [0.29, 0.717) is 18.4 Å². The zero-order chi connectivity index (χ0) is 19.5. The summed E-state index contributed by atoms with van der Waals surface area (Å²) in [4.78, 5) is 27.7. The summed E-state index contributed by atoms with van der Waals surface area (Å²) in [5.41, 5.74) is 2.55. The van der Waals surface area contributed by atoms with Gasteiger partial charge in [-0.15, -0.1) is 0 Å². The highest BCUT2D eigenvalue weighted by Crippen LogP contribution is 2.40. The lowest BCUT2D eigenvalue weighted by atomic mass is 9.67. The Morgan fingerprint density at radius 2 is 1.75 bits per heavy atom. The largest absolute Gasteiger partial charge is 0.352 e. The van der Waals surface area contributed by atoms with Crippen LogP contribution < -0.4 is 5.32 Å². The number of likely N-dealkylation sites (tertiary alicyclic amines) is 1. The number of Topliss-reactive ketones (excluding diaryl/α,β-unsaturated/α-hetero) is 1. The second kappa shape index (κ2) is 8.77. The predicted molar refractivity (Wildman–Crippen MR) is 111 cm³/mol. The molecular formula is C24H34N2O2. The maximum absolute atomic E-state index is 12.8. The molecule has 28 heavy (non-hydrogen) atoms. The highest BCUT2D eigenvalue weighted by molar-refractivity contribution is 5.88. The molecule has 4 rings (SSSR count). The van der Waals surface area contributed by atoms with Crippen LogP contribution >= 0.6 is 0 Å². The Morgan fingerprint density at radius 1 is 1.04 bits per heavy atom. The molecule has 3 aliphatic rings. The van der Waals surface area contributed by atoms with Gasteiger partial charge in [-0.2, -0.15) is 0 Å². The standard InChI is InChI=1S/C24H34N2O2/c1-17-7-4-5-12-26(17)16-21-9-3-2-8-20(21)15-25-24(28)22-13-18-10-6-11-19(14-22)23(18)27/h2-3,8-9,17-19,22H,4-7,10-16H2,1H3,(H,25,28)/t17-,18-,19-/m0/s1. The number of nitrogens with one attached hydrogen (secondary N) is 1. The summed E-state index contributed by atoms with van der Waals surface area (Å²) in [5.74, 6) is 0.858. The first-order chi connectivity index (χ1) is 13.6. The topological polar surface area (TPSA) is 49.4 Å². The van der Waals surface area contributed by atoms with Gasteiger partial charge in [-0.3, -0.25) is 14.5 Å². The van der Waals surface area contributed by atoms with E-state index in [-0.39, 0.29) is 23.7 Å². The van der Waals surface area contributed by atoms with Gasteiger partial charge in [0.25, 0.3) is 0 Å². The molecule has 0 aromatic heterocycles. The van der Waals surface area contributed by atoms with Crippen molar-refractivity contribution in [1.29, 1.82) is 0 Å². The van der Waals surface area contributed by atoms with Crippen molar-refractivity contribution in [3.8, 4) is 0 Å². The number of amides is 1. The minimum atomic E-state index is 0.0160. The van der Waals surface area contributed by atoms with Crippen LogP contribution in [0.15, 0.2) is 24.3 Å². The van der Waals surface area contributed by atoms with Crippen molar-refractivity contribution in [2.75, 3.05) is 6.54 Å². The summed E-state index contributed by atoms with van der Waals surface area (Å²) >= 11 is 0. The summed E-state index contributed by atoms with van der Waals surface area (Å²) < 4.78 is 0. The molecular weight excluding hydrogens is 348 g/mol. The van der Waals surface area contributed by atoms with Gasteiger partial charge in [0.1, 0.15) is 5.78 Å². The van der Waals surface area contributed by atoms with Gasteiger partial charge in [-0.25, -0.2) is 0 Å². The minimum Gasteiger partial charge on any atom is -0.352 e. The molecule has 2 saturated carbocycles. The molecule has 0 radical (unpaired) electrons. The Bertz CT molecular complexity index is 700. The van der Waals surface area contributed by atoms with E-state index in [1.807, 2.05) is 0 Å². The minimum absolute atomic E-state index is 0.0160. The van der Waals surface area contributed by atoms with Gasteiger partial charge in [-0.05, 0) is 63.1 Å². The third kappa shape index (κ3) is 4.32. The molecule has 1 amide bonds. The lowest BCUT2D eigenvalue weighted by Crippen LogP contribution is -2.42. The Morgan fingerprint density at radius 3 is 2.46 bits per heavy atom. The van der Waals surface area contributed by atoms with E-state index < -0.39 is 0 Å². The van der Waals surface area contributed by atoms with Crippen LogP contribution in [-0.2, 0) is 22.7 Å². The molecule has 1 aliphatic heterocycles. The molecule has 1 heterocycles. The van der Waals surface area contributed by atoms with Gasteiger partial charge in [0.15, 0.2) is 0 Å². The van der Waals surface area contributed by atoms with Crippen molar-refractivity contribution in [3.63, 3.8) is 0 Å². The highest BCUT2D eigenvalue weighted by atomic mass is 16.2. The van der Waals surface area contributed by atoms with Crippen LogP contribution in [0.25, 0.3) is 0 Å². The number of rotatable bonds is 5. The smallest absolute Gasteiger partial charge is 0.223 e. The Balaban J connectivity index is 1.36. The molecule has 152 valence electrons. The second-order valence-corrected chi connectivity index (χ2v) is 9.20. The average Bonchev–Trinajstić information content (AvgIpc) is 2.68. The van der Waals surface area contributed by atoms with Gasteiger partial charge < -0.3 is 5.32 Å². The molecule has 2 bridgehead atoms. The molecule has 1 N–H and O–H groups in total. The lowest BCUT2D eigenvalue weighted by Gasteiger charge is -2.37. The number of nitrogens with zero attached hydrogens (tertiary/aromatic N) is 1. The SMILES string of the molecule is C[C@H]1CCCCN1Cc1ccccc1CNC(=O)C1C[C@@H]2CCC[C@@H](C1)C2=O. The van der Waals surface area contributed by atoms with Crippen molar-refractivity contribution in [2.24, 2.45) is 17.8 Å². The van der Waals surface area contributed by atoms with Crippen LogP contribution in [0.5, 0.6) is 0 Å². The fourth-order valence-electron chi connectivity index (χ4n) is 5.52. The number of piperidine rings is 1. The number of fused-ring (bicyclic) bond motifs is 2. The summed E-state index contributed by atoms with van der Waals surface area (Å²) in [6.07, 6.45) is 8.53. The van der Waals surface area contributed by atoms with Crippen LogP contribution in [-0.4, -0.2) is 29.2 Å². The summed E-state index contributed by atoms with van der Waals surface area (Å²) in [5, 5.41) is 3.19. The van der Waals surface area contributed by atoms with Crippen molar-refractivity contribution in [3.05, 3.63) is 35.4 Å². The molecule has 0 spiro atoms. The van der Waals surface area contributed by atoms with E-state index >= 15 is 0 Å². The Labute approximate surface area is 169 Å². The average molecular weight is 383 g/mol. The molecule has 3 atom stereocenters. The van der Waals surface area contributed by atoms with E-state index in [9.17, 15) is 9.59 Å². The second-order valence-electron chi connectivity index (χ2n) is 9.20. The summed E-state index contributed by atoms with van der Waals surface area (Å²) in [6, 6.07) is 9.14. The van der Waals surface area contributed by atoms with Crippen LogP contribution in [0.1, 0.15) is 69.4 Å². The van der Waals surface area contributed by atoms with Crippen LogP contribution in [0.2, 0.25) is 0 Å². The third-order valence-corrected chi connectivity index (χ3v) is 7.30. The molecule has 4 heteroatoms. The third-order valence-electron chi connectivity index (χ3n) is 7.30.